The van der Waals surface area contributed by atoms with Crippen LogP contribution in [0, 0.1) is 28.6 Å². The molecule has 3 bridgehead atoms. The van der Waals surface area contributed by atoms with Gasteiger partial charge in [0.2, 0.25) is 0 Å². The first kappa shape index (κ1) is 23.6. The van der Waals surface area contributed by atoms with Gasteiger partial charge >= 0.3 is 0 Å². The lowest BCUT2D eigenvalue weighted by atomic mass is 9.55. The van der Waals surface area contributed by atoms with E-state index < -0.39 is 0 Å². The first-order valence-corrected chi connectivity index (χ1v) is 13.6. The summed E-state index contributed by atoms with van der Waals surface area (Å²) in [5.74, 6) is 2.88. The first-order valence-electron chi connectivity index (χ1n) is 13.2. The zero-order chi connectivity index (χ0) is 23.2. The van der Waals surface area contributed by atoms with E-state index in [1.807, 2.05) is 12.1 Å². The molecule has 0 aromatic heterocycles. The van der Waals surface area contributed by atoms with Crippen LogP contribution in [0.4, 0.5) is 0 Å². The van der Waals surface area contributed by atoms with E-state index in [-0.39, 0.29) is 5.91 Å². The second-order valence-corrected chi connectivity index (χ2v) is 12.7. The molecule has 1 aromatic rings. The first-order chi connectivity index (χ1) is 15.8. The average Bonchev–Trinajstić information content (AvgIpc) is 3.08. The Kier molecular flexibility index (Phi) is 6.56. The Balaban J connectivity index is 1.12. The normalized spacial score (nSPS) is 33.6. The van der Waals surface area contributed by atoms with Crippen LogP contribution < -0.4 is 5.32 Å². The number of amides is 1. The van der Waals surface area contributed by atoms with Crippen molar-refractivity contribution >= 4 is 17.5 Å². The zero-order valence-corrected chi connectivity index (χ0v) is 21.6. The highest BCUT2D eigenvalue weighted by Gasteiger charge is 2.70. The van der Waals surface area contributed by atoms with E-state index in [0.29, 0.717) is 21.4 Å². The molecule has 4 saturated carbocycles. The van der Waals surface area contributed by atoms with Crippen molar-refractivity contribution in [3.8, 4) is 0 Å². The van der Waals surface area contributed by atoms with Gasteiger partial charge in [0.1, 0.15) is 0 Å². The Bertz CT molecular complexity index is 884. The predicted octanol–water partition coefficient (Wildman–Crippen LogP) is 5.10. The van der Waals surface area contributed by atoms with Gasteiger partial charge in [-0.05, 0) is 145 Å². The highest BCUT2D eigenvalue weighted by Crippen LogP contribution is 2.78. The molecule has 5 unspecified atom stereocenters. The summed E-state index contributed by atoms with van der Waals surface area (Å²) in [4.78, 5) is 17.8. The predicted molar refractivity (Wildman–Crippen MR) is 136 cm³/mol. The van der Waals surface area contributed by atoms with Crippen molar-refractivity contribution in [1.82, 2.24) is 15.1 Å². The molecule has 0 radical (unpaired) electrons. The Morgan fingerprint density at radius 1 is 1.06 bits per heavy atom. The lowest BCUT2D eigenvalue weighted by molar-refractivity contribution is -0.00253. The molecule has 0 aliphatic heterocycles. The Morgan fingerprint density at radius 3 is 2.70 bits per heavy atom. The fourth-order valence-corrected chi connectivity index (χ4v) is 8.53. The van der Waals surface area contributed by atoms with Crippen molar-refractivity contribution in [1.29, 1.82) is 0 Å². The number of aryl methyl sites for hydroxylation is 1. The molecule has 1 aromatic carbocycles. The van der Waals surface area contributed by atoms with Gasteiger partial charge in [-0.3, -0.25) is 4.79 Å². The topological polar surface area (TPSA) is 35.6 Å². The Labute approximate surface area is 205 Å². The molecule has 4 aliphatic carbocycles. The van der Waals surface area contributed by atoms with Crippen LogP contribution >= 0.6 is 11.6 Å². The molecule has 1 spiro atoms. The molecule has 0 saturated heterocycles. The SMILES string of the molecule is CN(C)CCCN(C)CCCc1ccc(Cl)c(C(=O)NCC23CC4CC5CC(C2)C5(C4)C3)c1. The van der Waals surface area contributed by atoms with Crippen LogP contribution in [0.25, 0.3) is 0 Å². The maximum atomic E-state index is 13.1. The van der Waals surface area contributed by atoms with Gasteiger partial charge in [-0.25, -0.2) is 0 Å². The third-order valence-corrected chi connectivity index (χ3v) is 9.97. The van der Waals surface area contributed by atoms with Crippen LogP contribution in [-0.4, -0.2) is 63.0 Å². The van der Waals surface area contributed by atoms with Gasteiger partial charge in [0, 0.05) is 6.54 Å². The summed E-state index contributed by atoms with van der Waals surface area (Å²) < 4.78 is 0. The standard InChI is InChI=1S/C28H42ClN3O/c1-31(2)9-5-11-32(3)10-4-6-20-7-8-25(29)24(13-20)26(33)30-19-27-15-21-12-22-14-23(17-27)28(22,16-21)18-27/h7-8,13,21-23H,4-6,9-12,14-19H2,1-3H3,(H,30,33). The number of benzene rings is 1. The van der Waals surface area contributed by atoms with Crippen LogP contribution in [0.5, 0.6) is 0 Å². The minimum atomic E-state index is 0.0169. The lowest BCUT2D eigenvalue weighted by Gasteiger charge is -2.49. The summed E-state index contributed by atoms with van der Waals surface area (Å²) in [5.41, 5.74) is 2.89. The number of carbonyl (C=O) groups excluding carboxylic acids is 1. The third kappa shape index (κ3) is 4.60. The van der Waals surface area contributed by atoms with Crippen molar-refractivity contribution in [2.45, 2.75) is 57.8 Å². The number of rotatable bonds is 11. The average molecular weight is 472 g/mol. The summed E-state index contributed by atoms with van der Waals surface area (Å²) in [6.07, 6.45) is 11.7. The van der Waals surface area contributed by atoms with Crippen LogP contribution in [0.3, 0.4) is 0 Å². The quantitative estimate of drug-likeness (QED) is 0.487. The summed E-state index contributed by atoms with van der Waals surface area (Å²) >= 11 is 6.47. The zero-order valence-electron chi connectivity index (χ0n) is 20.8. The van der Waals surface area contributed by atoms with E-state index >= 15 is 0 Å². The van der Waals surface area contributed by atoms with Crippen molar-refractivity contribution in [2.24, 2.45) is 28.6 Å². The number of hydrogen-bond acceptors (Lipinski definition) is 3. The molecule has 0 heterocycles. The maximum Gasteiger partial charge on any atom is 0.252 e. The summed E-state index contributed by atoms with van der Waals surface area (Å²) in [6.45, 7) is 4.17. The molecule has 1 N–H and O–H groups in total. The van der Waals surface area contributed by atoms with Gasteiger partial charge in [0.15, 0.2) is 0 Å². The minimum Gasteiger partial charge on any atom is -0.351 e. The van der Waals surface area contributed by atoms with Gasteiger partial charge in [-0.15, -0.1) is 0 Å². The molecule has 1 amide bonds. The molecule has 5 atom stereocenters. The van der Waals surface area contributed by atoms with E-state index in [0.717, 1.165) is 56.8 Å². The van der Waals surface area contributed by atoms with Gasteiger partial charge in [-0.2, -0.15) is 0 Å². The number of halogens is 1. The molecule has 4 nitrogen and oxygen atoms in total. The van der Waals surface area contributed by atoms with E-state index in [1.54, 1.807) is 0 Å². The number of nitrogens with one attached hydrogen (secondary N) is 1. The van der Waals surface area contributed by atoms with Crippen LogP contribution in [0.1, 0.15) is 67.3 Å². The molecular formula is C28H42ClN3O. The Morgan fingerprint density at radius 2 is 1.88 bits per heavy atom. The summed E-state index contributed by atoms with van der Waals surface area (Å²) in [7, 11) is 6.45. The fraction of sp³-hybridized carbons (Fsp3) is 0.750. The van der Waals surface area contributed by atoms with Gasteiger partial charge in [0.05, 0.1) is 10.6 Å². The number of hydrogen-bond donors (Lipinski definition) is 1. The summed E-state index contributed by atoms with van der Waals surface area (Å²) in [5, 5.41) is 3.90. The second kappa shape index (κ2) is 9.17. The monoisotopic (exact) mass is 471 g/mol. The highest BCUT2D eigenvalue weighted by molar-refractivity contribution is 6.33. The van der Waals surface area contributed by atoms with Crippen molar-refractivity contribution in [3.05, 3.63) is 34.3 Å². The molecule has 182 valence electrons. The molecule has 4 fully saturated rings. The van der Waals surface area contributed by atoms with Crippen molar-refractivity contribution in [2.75, 3.05) is 47.3 Å². The summed E-state index contributed by atoms with van der Waals surface area (Å²) in [6, 6.07) is 6.01. The maximum absolute atomic E-state index is 13.1. The van der Waals surface area contributed by atoms with Crippen LogP contribution in [-0.2, 0) is 6.42 Å². The number of fused-ring (bicyclic) bond motifs is 2. The van der Waals surface area contributed by atoms with Gasteiger partial charge in [0.25, 0.3) is 5.91 Å². The fourth-order valence-electron chi connectivity index (χ4n) is 8.33. The molecule has 5 rings (SSSR count). The van der Waals surface area contributed by atoms with Gasteiger partial charge in [-0.1, -0.05) is 17.7 Å². The van der Waals surface area contributed by atoms with E-state index in [9.17, 15) is 4.79 Å². The minimum absolute atomic E-state index is 0.0169. The van der Waals surface area contributed by atoms with Gasteiger partial charge < -0.3 is 15.1 Å². The number of carbonyl (C=O) groups is 1. The molecule has 33 heavy (non-hydrogen) atoms. The third-order valence-electron chi connectivity index (χ3n) is 9.64. The van der Waals surface area contributed by atoms with Crippen LogP contribution in [0.2, 0.25) is 5.02 Å². The molecule has 5 heteroatoms. The second-order valence-electron chi connectivity index (χ2n) is 12.3. The Hall–Kier alpha value is -1.10. The highest BCUT2D eigenvalue weighted by atomic mass is 35.5. The van der Waals surface area contributed by atoms with E-state index in [1.165, 1.54) is 50.5 Å². The van der Waals surface area contributed by atoms with E-state index in [2.05, 4.69) is 42.3 Å². The smallest absolute Gasteiger partial charge is 0.252 e. The van der Waals surface area contributed by atoms with Crippen molar-refractivity contribution < 1.29 is 4.79 Å². The lowest BCUT2D eigenvalue weighted by Crippen LogP contribution is -2.43. The van der Waals surface area contributed by atoms with E-state index in [4.69, 9.17) is 11.6 Å². The largest absolute Gasteiger partial charge is 0.351 e. The number of nitrogens with zero attached hydrogens (tertiary/aromatic N) is 2. The van der Waals surface area contributed by atoms with Crippen LogP contribution in [0.15, 0.2) is 18.2 Å². The molecule has 4 aliphatic rings. The molecular weight excluding hydrogens is 430 g/mol. The van der Waals surface area contributed by atoms with Crippen molar-refractivity contribution in [3.63, 3.8) is 0 Å².